The molecule has 1 unspecified atom stereocenters. The number of fused-ring (bicyclic) bond motifs is 1. The first-order valence-electron chi connectivity index (χ1n) is 12.6. The second-order valence-corrected chi connectivity index (χ2v) is 10.9. The highest BCUT2D eigenvalue weighted by atomic mass is 31.2. The second kappa shape index (κ2) is 12.3. The van der Waals surface area contributed by atoms with E-state index in [1.165, 1.54) is 4.90 Å². The number of nitriles is 1. The highest BCUT2D eigenvalue weighted by Gasteiger charge is 2.39. The Balaban J connectivity index is 1.58. The number of benzene rings is 3. The molecule has 1 aliphatic rings. The monoisotopic (exact) mass is 538 g/mol. The molecule has 38 heavy (non-hydrogen) atoms. The van der Waals surface area contributed by atoms with E-state index >= 15 is 0 Å². The van der Waals surface area contributed by atoms with Crippen LogP contribution in [0.4, 0.5) is 4.79 Å². The van der Waals surface area contributed by atoms with Crippen LogP contribution in [0.15, 0.2) is 60.7 Å². The number of nitrogens with zero attached hydrogens (tertiary/aromatic N) is 2. The molecule has 1 atom stereocenters. The lowest BCUT2D eigenvalue weighted by Crippen LogP contribution is -2.41. The predicted molar refractivity (Wildman–Crippen MR) is 143 cm³/mol. The molecule has 0 bridgehead atoms. The molecular weight excluding hydrogens is 507 g/mol. The van der Waals surface area contributed by atoms with Gasteiger partial charge in [-0.1, -0.05) is 24.3 Å². The van der Waals surface area contributed by atoms with E-state index in [0.29, 0.717) is 48.6 Å². The Hall–Kier alpha value is -3.57. The van der Waals surface area contributed by atoms with Gasteiger partial charge in [0.1, 0.15) is 17.6 Å². The van der Waals surface area contributed by atoms with Crippen molar-refractivity contribution in [3.63, 3.8) is 0 Å². The number of rotatable bonds is 10. The molecule has 0 spiro atoms. The molecule has 1 N–H and O–H groups in total. The minimum atomic E-state index is -3.74. The van der Waals surface area contributed by atoms with Crippen molar-refractivity contribution in [3.8, 4) is 17.6 Å². The van der Waals surface area contributed by atoms with Gasteiger partial charge in [-0.05, 0) is 61.0 Å². The standard InChI is InChI=1S/C28H31N2O7P/c1-3-34-38(33,35-4-2)27(37-26-12-7-21-6-5-20(19-29)17-23(21)18-26)22-8-10-24(11-9-22)36-25-13-15-30(16-14-25)28(31)32/h5-12,17-18,25,27H,3-4,13-16H2,1-2H3,(H,31,32). The lowest BCUT2D eigenvalue weighted by molar-refractivity contribution is 0.0894. The van der Waals surface area contributed by atoms with Gasteiger partial charge in [0.15, 0.2) is 0 Å². The van der Waals surface area contributed by atoms with Gasteiger partial charge in [0.05, 0.1) is 24.8 Å². The molecule has 9 nitrogen and oxygen atoms in total. The fourth-order valence-electron chi connectivity index (χ4n) is 4.41. The zero-order chi connectivity index (χ0) is 27.1. The summed E-state index contributed by atoms with van der Waals surface area (Å²) in [6.45, 7) is 4.71. The molecule has 1 fully saturated rings. The van der Waals surface area contributed by atoms with Crippen LogP contribution in [0.1, 0.15) is 43.7 Å². The van der Waals surface area contributed by atoms with E-state index in [1.54, 1.807) is 62.4 Å². The summed E-state index contributed by atoms with van der Waals surface area (Å²) in [6, 6.07) is 20.1. The molecule has 0 saturated carbocycles. The molecule has 1 amide bonds. The Bertz CT molecular complexity index is 1340. The molecule has 0 aliphatic carbocycles. The van der Waals surface area contributed by atoms with Crippen molar-refractivity contribution < 1.29 is 33.0 Å². The van der Waals surface area contributed by atoms with Crippen LogP contribution in [-0.2, 0) is 13.6 Å². The highest BCUT2D eigenvalue weighted by molar-refractivity contribution is 7.54. The van der Waals surface area contributed by atoms with Crippen LogP contribution in [0, 0.1) is 11.3 Å². The SMILES string of the molecule is CCOP(=O)(OCC)C(Oc1ccc2ccc(C#N)cc2c1)c1ccc(OC2CCN(C(=O)O)CC2)cc1. The molecule has 3 aromatic carbocycles. The van der Waals surface area contributed by atoms with Gasteiger partial charge in [-0.2, -0.15) is 5.26 Å². The van der Waals surface area contributed by atoms with Crippen LogP contribution in [0.2, 0.25) is 0 Å². The van der Waals surface area contributed by atoms with Crippen LogP contribution >= 0.6 is 7.60 Å². The van der Waals surface area contributed by atoms with Crippen molar-refractivity contribution in [3.05, 3.63) is 71.8 Å². The molecule has 0 radical (unpaired) electrons. The third kappa shape index (κ3) is 6.46. The Kier molecular flexibility index (Phi) is 8.90. The smallest absolute Gasteiger partial charge is 0.407 e. The molecule has 200 valence electrons. The Morgan fingerprint density at radius 3 is 2.24 bits per heavy atom. The first-order chi connectivity index (χ1) is 18.3. The molecule has 0 aromatic heterocycles. The summed E-state index contributed by atoms with van der Waals surface area (Å²) < 4.78 is 37.5. The van der Waals surface area contributed by atoms with Gasteiger partial charge < -0.3 is 28.5 Å². The third-order valence-corrected chi connectivity index (χ3v) is 8.49. The highest BCUT2D eigenvalue weighted by Crippen LogP contribution is 2.61. The summed E-state index contributed by atoms with van der Waals surface area (Å²) in [7, 11) is -3.74. The predicted octanol–water partition coefficient (Wildman–Crippen LogP) is 6.58. The average Bonchev–Trinajstić information content (AvgIpc) is 2.92. The van der Waals surface area contributed by atoms with E-state index in [1.807, 2.05) is 12.1 Å². The van der Waals surface area contributed by atoms with Gasteiger partial charge >= 0.3 is 13.7 Å². The topological polar surface area (TPSA) is 118 Å². The fraction of sp³-hybridized carbons (Fsp3) is 0.357. The van der Waals surface area contributed by atoms with Crippen molar-refractivity contribution in [2.24, 2.45) is 0 Å². The molecule has 10 heteroatoms. The number of likely N-dealkylation sites (tertiary alicyclic amines) is 1. The van der Waals surface area contributed by atoms with Crippen LogP contribution in [0.5, 0.6) is 11.5 Å². The largest absolute Gasteiger partial charge is 0.490 e. The second-order valence-electron chi connectivity index (χ2n) is 8.84. The van der Waals surface area contributed by atoms with Gasteiger partial charge in [-0.3, -0.25) is 4.57 Å². The summed E-state index contributed by atoms with van der Waals surface area (Å²) >= 11 is 0. The maximum Gasteiger partial charge on any atom is 0.407 e. The van der Waals surface area contributed by atoms with E-state index in [9.17, 15) is 14.6 Å². The van der Waals surface area contributed by atoms with E-state index in [0.717, 1.165) is 10.8 Å². The maximum atomic E-state index is 13.9. The Labute approximate surface area is 222 Å². The van der Waals surface area contributed by atoms with Crippen molar-refractivity contribution in [2.45, 2.75) is 38.6 Å². The van der Waals surface area contributed by atoms with Crippen LogP contribution < -0.4 is 9.47 Å². The summed E-state index contributed by atoms with van der Waals surface area (Å²) in [4.78, 5) is 12.5. The number of amides is 1. The van der Waals surface area contributed by atoms with Crippen LogP contribution in [0.3, 0.4) is 0 Å². The number of hydrogen-bond donors (Lipinski definition) is 1. The van der Waals surface area contributed by atoms with E-state index in [2.05, 4.69) is 6.07 Å². The van der Waals surface area contributed by atoms with E-state index in [-0.39, 0.29) is 19.3 Å². The first kappa shape index (κ1) is 27.5. The summed E-state index contributed by atoms with van der Waals surface area (Å²) in [5.41, 5.74) is 1.12. The summed E-state index contributed by atoms with van der Waals surface area (Å²) in [5, 5.41) is 20.2. The average molecular weight is 539 g/mol. The normalized spacial score (nSPS) is 15.1. The number of piperidine rings is 1. The lowest BCUT2D eigenvalue weighted by atomic mass is 10.1. The maximum absolute atomic E-state index is 13.9. The molecule has 4 rings (SSSR count). The van der Waals surface area contributed by atoms with Gasteiger partial charge in [0.25, 0.3) is 0 Å². The summed E-state index contributed by atoms with van der Waals surface area (Å²) in [5.74, 6) is 0.0493. The number of hydrogen-bond acceptors (Lipinski definition) is 7. The zero-order valence-electron chi connectivity index (χ0n) is 21.4. The first-order valence-corrected chi connectivity index (χ1v) is 14.2. The van der Waals surface area contributed by atoms with Gasteiger partial charge in [0.2, 0.25) is 5.85 Å². The third-order valence-electron chi connectivity index (χ3n) is 6.27. The van der Waals surface area contributed by atoms with E-state index in [4.69, 9.17) is 23.6 Å². The molecule has 3 aromatic rings. The van der Waals surface area contributed by atoms with Crippen LogP contribution in [0.25, 0.3) is 10.8 Å². The minimum Gasteiger partial charge on any atom is -0.490 e. The molecule has 1 aliphatic heterocycles. The van der Waals surface area contributed by atoms with Crippen molar-refractivity contribution in [1.82, 2.24) is 4.90 Å². The molecule has 1 saturated heterocycles. The Morgan fingerprint density at radius 1 is 1.00 bits per heavy atom. The number of carbonyl (C=O) groups is 1. The van der Waals surface area contributed by atoms with Crippen molar-refractivity contribution in [2.75, 3.05) is 26.3 Å². The van der Waals surface area contributed by atoms with Crippen LogP contribution in [-0.4, -0.2) is 48.5 Å². The fourth-order valence-corrected chi connectivity index (χ4v) is 6.27. The molecule has 1 heterocycles. The van der Waals surface area contributed by atoms with Crippen molar-refractivity contribution in [1.29, 1.82) is 5.26 Å². The lowest BCUT2D eigenvalue weighted by Gasteiger charge is -2.30. The Morgan fingerprint density at radius 2 is 1.63 bits per heavy atom. The minimum absolute atomic E-state index is 0.0858. The van der Waals surface area contributed by atoms with Gasteiger partial charge in [-0.15, -0.1) is 0 Å². The number of carboxylic acid groups (broad SMARTS) is 1. The number of ether oxygens (including phenoxy) is 2. The quantitative estimate of drug-likeness (QED) is 0.288. The van der Waals surface area contributed by atoms with Crippen molar-refractivity contribution >= 4 is 24.5 Å². The zero-order valence-corrected chi connectivity index (χ0v) is 22.3. The van der Waals surface area contributed by atoms with Gasteiger partial charge in [-0.25, -0.2) is 4.79 Å². The summed E-state index contributed by atoms with van der Waals surface area (Å²) in [6.07, 6.45) is 0.222. The molecular formula is C28H31N2O7P. The van der Waals surface area contributed by atoms with E-state index < -0.39 is 19.5 Å². The van der Waals surface area contributed by atoms with Gasteiger partial charge in [0, 0.05) is 31.5 Å².